The van der Waals surface area contributed by atoms with Gasteiger partial charge in [-0.25, -0.2) is 0 Å². The summed E-state index contributed by atoms with van der Waals surface area (Å²) in [5.74, 6) is -0.205. The van der Waals surface area contributed by atoms with Crippen LogP contribution in [0.2, 0.25) is 0 Å². The number of benzene rings is 1. The molecule has 4 nitrogen and oxygen atoms in total. The topological polar surface area (TPSA) is 52.6 Å². The highest BCUT2D eigenvalue weighted by Gasteiger charge is 2.08. The van der Waals surface area contributed by atoms with Crippen molar-refractivity contribution in [2.45, 2.75) is 26.9 Å². The molecule has 0 aliphatic rings. The first kappa shape index (κ1) is 12.2. The predicted molar refractivity (Wildman–Crippen MR) is 57.9 cm³/mol. The molecule has 1 aromatic carbocycles. The van der Waals surface area contributed by atoms with Crippen LogP contribution in [-0.4, -0.2) is 11.9 Å². The highest BCUT2D eigenvalue weighted by atomic mass is 16.5. The van der Waals surface area contributed by atoms with Crippen molar-refractivity contribution in [3.8, 4) is 5.75 Å². The van der Waals surface area contributed by atoms with Gasteiger partial charge in [-0.3, -0.25) is 9.59 Å². The Hall–Kier alpha value is -1.84. The quantitative estimate of drug-likeness (QED) is 0.581. The van der Waals surface area contributed by atoms with Crippen LogP contribution < -0.4 is 4.74 Å². The number of hydrogen-bond acceptors (Lipinski definition) is 4. The molecule has 0 fully saturated rings. The highest BCUT2D eigenvalue weighted by Crippen LogP contribution is 2.20. The highest BCUT2D eigenvalue weighted by molar-refractivity contribution is 5.69. The van der Waals surface area contributed by atoms with E-state index in [0.29, 0.717) is 5.75 Å². The summed E-state index contributed by atoms with van der Waals surface area (Å²) in [6.07, 6.45) is -0.302. The molecule has 1 rings (SSSR count). The monoisotopic (exact) mass is 222 g/mol. The maximum Gasteiger partial charge on any atom is 0.308 e. The summed E-state index contributed by atoms with van der Waals surface area (Å²) in [5, 5.41) is 0. The molecule has 0 spiro atoms. The van der Waals surface area contributed by atoms with Gasteiger partial charge in [-0.15, -0.1) is 0 Å². The van der Waals surface area contributed by atoms with Crippen molar-refractivity contribution in [3.63, 3.8) is 0 Å². The van der Waals surface area contributed by atoms with Crippen LogP contribution in [0.4, 0.5) is 0 Å². The number of carbonyl (C=O) groups excluding carboxylic acids is 2. The molecule has 86 valence electrons. The maximum absolute atomic E-state index is 10.7. The van der Waals surface area contributed by atoms with Crippen LogP contribution in [0.1, 0.15) is 32.4 Å². The van der Waals surface area contributed by atoms with E-state index < -0.39 is 0 Å². The second kappa shape index (κ2) is 5.30. The van der Waals surface area contributed by atoms with Crippen LogP contribution in [0, 0.1) is 0 Å². The molecule has 0 aliphatic carbocycles. The molecule has 0 amide bonds. The lowest BCUT2D eigenvalue weighted by atomic mass is 10.1. The van der Waals surface area contributed by atoms with Gasteiger partial charge >= 0.3 is 11.9 Å². The van der Waals surface area contributed by atoms with Crippen LogP contribution in [0.25, 0.3) is 0 Å². The lowest BCUT2D eigenvalue weighted by Crippen LogP contribution is -2.05. The van der Waals surface area contributed by atoms with Crippen molar-refractivity contribution in [2.24, 2.45) is 0 Å². The summed E-state index contributed by atoms with van der Waals surface area (Å²) < 4.78 is 9.89. The number of rotatable bonds is 3. The van der Waals surface area contributed by atoms with E-state index in [1.165, 1.54) is 13.8 Å². The lowest BCUT2D eigenvalue weighted by molar-refractivity contribution is -0.145. The Morgan fingerprint density at radius 2 is 1.62 bits per heavy atom. The van der Waals surface area contributed by atoms with Gasteiger partial charge in [0.25, 0.3) is 0 Å². The molecule has 0 aliphatic heterocycles. The largest absolute Gasteiger partial charge is 0.458 e. The molecule has 1 atom stereocenters. The standard InChI is InChI=1S/C12H14O4/c1-8(15-9(2)13)11-4-6-12(7-5-11)16-10(3)14/h4-8H,1-3H3. The minimum Gasteiger partial charge on any atom is -0.458 e. The minimum absolute atomic E-state index is 0.302. The first-order valence-electron chi connectivity index (χ1n) is 4.94. The van der Waals surface area contributed by atoms with Crippen LogP contribution in [0.15, 0.2) is 24.3 Å². The van der Waals surface area contributed by atoms with Crippen molar-refractivity contribution < 1.29 is 19.1 Å². The van der Waals surface area contributed by atoms with E-state index in [0.717, 1.165) is 5.56 Å². The van der Waals surface area contributed by atoms with Crippen molar-refractivity contribution in [1.29, 1.82) is 0 Å². The fraction of sp³-hybridized carbons (Fsp3) is 0.333. The second-order valence-electron chi connectivity index (χ2n) is 3.41. The van der Waals surface area contributed by atoms with Gasteiger partial charge in [0.2, 0.25) is 0 Å². The Balaban J connectivity index is 2.70. The van der Waals surface area contributed by atoms with Gasteiger partial charge in [-0.2, -0.15) is 0 Å². The summed E-state index contributed by atoms with van der Waals surface area (Å²) in [6, 6.07) is 6.84. The molecule has 0 aromatic heterocycles. The van der Waals surface area contributed by atoms with E-state index in [-0.39, 0.29) is 18.0 Å². The fourth-order valence-electron chi connectivity index (χ4n) is 1.29. The van der Waals surface area contributed by atoms with Crippen LogP contribution >= 0.6 is 0 Å². The third-order valence-corrected chi connectivity index (χ3v) is 1.95. The molecular weight excluding hydrogens is 208 g/mol. The van der Waals surface area contributed by atoms with Gasteiger partial charge < -0.3 is 9.47 Å². The summed E-state index contributed by atoms with van der Waals surface area (Å²) in [6.45, 7) is 4.49. The Morgan fingerprint density at radius 3 is 2.06 bits per heavy atom. The predicted octanol–water partition coefficient (Wildman–Crippen LogP) is 2.24. The van der Waals surface area contributed by atoms with Gasteiger partial charge in [-0.1, -0.05) is 12.1 Å². The number of hydrogen-bond donors (Lipinski definition) is 0. The normalized spacial score (nSPS) is 11.7. The number of esters is 2. The first-order chi connectivity index (χ1) is 7.49. The Bertz CT molecular complexity index is 381. The fourth-order valence-corrected chi connectivity index (χ4v) is 1.29. The molecule has 0 saturated heterocycles. The van der Waals surface area contributed by atoms with Crippen molar-refractivity contribution in [3.05, 3.63) is 29.8 Å². The van der Waals surface area contributed by atoms with Gasteiger partial charge in [0.15, 0.2) is 0 Å². The van der Waals surface area contributed by atoms with Crippen molar-refractivity contribution in [2.75, 3.05) is 0 Å². The van der Waals surface area contributed by atoms with Gasteiger partial charge in [0.05, 0.1) is 0 Å². The zero-order valence-electron chi connectivity index (χ0n) is 9.52. The molecular formula is C12H14O4. The van der Waals surface area contributed by atoms with E-state index in [4.69, 9.17) is 9.47 Å². The van der Waals surface area contributed by atoms with Crippen molar-refractivity contribution in [1.82, 2.24) is 0 Å². The number of carbonyl (C=O) groups is 2. The third kappa shape index (κ3) is 3.73. The molecule has 0 saturated carbocycles. The Morgan fingerprint density at radius 1 is 1.06 bits per heavy atom. The molecule has 1 aromatic rings. The Kier molecular flexibility index (Phi) is 4.05. The van der Waals surface area contributed by atoms with Crippen LogP contribution in [0.3, 0.4) is 0 Å². The molecule has 0 bridgehead atoms. The molecule has 0 N–H and O–H groups in total. The molecule has 0 heterocycles. The first-order valence-corrected chi connectivity index (χ1v) is 4.94. The van der Waals surface area contributed by atoms with E-state index in [9.17, 15) is 9.59 Å². The second-order valence-corrected chi connectivity index (χ2v) is 3.41. The summed E-state index contributed by atoms with van der Waals surface area (Å²) in [7, 11) is 0. The smallest absolute Gasteiger partial charge is 0.308 e. The molecule has 1 unspecified atom stereocenters. The van der Waals surface area contributed by atoms with E-state index >= 15 is 0 Å². The summed E-state index contributed by atoms with van der Waals surface area (Å²) >= 11 is 0. The maximum atomic E-state index is 10.7. The number of ether oxygens (including phenoxy) is 2. The van der Waals surface area contributed by atoms with E-state index in [1.807, 2.05) is 0 Å². The SMILES string of the molecule is CC(=O)Oc1ccc(C(C)OC(C)=O)cc1. The van der Waals surface area contributed by atoms with Gasteiger partial charge in [0, 0.05) is 13.8 Å². The zero-order valence-corrected chi connectivity index (χ0v) is 9.52. The molecule has 16 heavy (non-hydrogen) atoms. The summed E-state index contributed by atoms with van der Waals surface area (Å²) in [5.41, 5.74) is 0.853. The zero-order chi connectivity index (χ0) is 12.1. The minimum atomic E-state index is -0.360. The third-order valence-electron chi connectivity index (χ3n) is 1.95. The van der Waals surface area contributed by atoms with Crippen LogP contribution in [-0.2, 0) is 14.3 Å². The Labute approximate surface area is 94.2 Å². The van der Waals surface area contributed by atoms with Gasteiger partial charge in [0.1, 0.15) is 11.9 Å². The summed E-state index contributed by atoms with van der Waals surface area (Å²) in [4.78, 5) is 21.4. The van der Waals surface area contributed by atoms with E-state index in [2.05, 4.69) is 0 Å². The molecule has 0 radical (unpaired) electrons. The van der Waals surface area contributed by atoms with E-state index in [1.54, 1.807) is 31.2 Å². The van der Waals surface area contributed by atoms with Crippen LogP contribution in [0.5, 0.6) is 5.75 Å². The lowest BCUT2D eigenvalue weighted by Gasteiger charge is -2.12. The average molecular weight is 222 g/mol. The van der Waals surface area contributed by atoms with Crippen molar-refractivity contribution >= 4 is 11.9 Å². The molecule has 4 heteroatoms. The average Bonchev–Trinajstić information content (AvgIpc) is 2.16. The van der Waals surface area contributed by atoms with Gasteiger partial charge in [-0.05, 0) is 24.6 Å².